The normalized spacial score (nSPS) is 12.5. The van der Waals surface area contributed by atoms with Crippen molar-refractivity contribution in [1.29, 1.82) is 0 Å². The number of carbonyl (C=O) groups excluding carboxylic acids is 1. The van der Waals surface area contributed by atoms with Crippen LogP contribution in [0.2, 0.25) is 0 Å². The summed E-state index contributed by atoms with van der Waals surface area (Å²) in [5, 5.41) is -1.04. The predicted molar refractivity (Wildman–Crippen MR) is 49.5 cm³/mol. The molecule has 5 nitrogen and oxygen atoms in total. The summed E-state index contributed by atoms with van der Waals surface area (Å²) in [4.78, 5) is 10.8. The van der Waals surface area contributed by atoms with Crippen molar-refractivity contribution in [3.8, 4) is 0 Å². The third kappa shape index (κ3) is 8.55. The SMILES string of the molecule is C=C(C)C(=O)OCCC(C)S(=O)(=O)[O-].[K+]. The summed E-state index contributed by atoms with van der Waals surface area (Å²) in [6, 6.07) is 0. The number of carbonyl (C=O) groups is 1. The Bertz CT molecular complexity index is 322. The second-order valence-corrected chi connectivity index (χ2v) is 4.80. The van der Waals surface area contributed by atoms with E-state index in [-0.39, 0.29) is 70.0 Å². The van der Waals surface area contributed by atoms with Gasteiger partial charge in [-0.3, -0.25) is 0 Å². The molecule has 82 valence electrons. The summed E-state index contributed by atoms with van der Waals surface area (Å²) < 4.78 is 35.9. The molecule has 0 aromatic heterocycles. The molecule has 0 spiro atoms. The third-order valence-electron chi connectivity index (χ3n) is 1.60. The molecule has 0 saturated carbocycles. The molecule has 0 radical (unpaired) electrons. The standard InChI is InChI=1S/C8H14O5S.K/c1-6(2)8(9)13-5-4-7(3)14(10,11)12;/h7H,1,4-5H2,2-3H3,(H,10,11,12);/q;+1/p-1. The Labute approximate surface area is 132 Å². The van der Waals surface area contributed by atoms with Gasteiger partial charge >= 0.3 is 57.4 Å². The molecule has 15 heavy (non-hydrogen) atoms. The number of hydrogen-bond donors (Lipinski definition) is 0. The molecule has 0 fully saturated rings. The second kappa shape index (κ2) is 7.94. The van der Waals surface area contributed by atoms with Crippen molar-refractivity contribution in [2.75, 3.05) is 6.61 Å². The maximum Gasteiger partial charge on any atom is 1.00 e. The second-order valence-electron chi connectivity index (χ2n) is 3.01. The molecule has 0 N–H and O–H groups in total. The monoisotopic (exact) mass is 260 g/mol. The topological polar surface area (TPSA) is 83.5 Å². The Morgan fingerprint density at radius 1 is 1.53 bits per heavy atom. The Kier molecular flexibility index (Phi) is 9.59. The molecule has 0 aliphatic rings. The largest absolute Gasteiger partial charge is 1.00 e. The molecule has 0 amide bonds. The molecule has 0 rings (SSSR count). The minimum Gasteiger partial charge on any atom is -0.748 e. The van der Waals surface area contributed by atoms with Crippen LogP contribution in [0.25, 0.3) is 0 Å². The zero-order valence-corrected chi connectivity index (χ0v) is 13.1. The van der Waals surface area contributed by atoms with E-state index >= 15 is 0 Å². The Hall–Kier alpha value is 0.756. The molecule has 0 aromatic carbocycles. The zero-order valence-electron chi connectivity index (χ0n) is 9.15. The first kappa shape index (κ1) is 18.1. The van der Waals surface area contributed by atoms with Crippen molar-refractivity contribution < 1.29 is 73.9 Å². The fourth-order valence-corrected chi connectivity index (χ4v) is 0.970. The van der Waals surface area contributed by atoms with Crippen LogP contribution >= 0.6 is 0 Å². The number of rotatable bonds is 5. The van der Waals surface area contributed by atoms with E-state index in [1.807, 2.05) is 0 Å². The zero-order chi connectivity index (χ0) is 11.4. The van der Waals surface area contributed by atoms with E-state index in [2.05, 4.69) is 11.3 Å². The van der Waals surface area contributed by atoms with Crippen LogP contribution in [0.4, 0.5) is 0 Å². The quantitative estimate of drug-likeness (QED) is 0.235. The van der Waals surface area contributed by atoms with E-state index in [1.54, 1.807) is 0 Å². The van der Waals surface area contributed by atoms with Crippen LogP contribution in [0.5, 0.6) is 0 Å². The summed E-state index contributed by atoms with van der Waals surface area (Å²) in [6.45, 7) is 6.02. The van der Waals surface area contributed by atoms with Gasteiger partial charge in [-0.25, -0.2) is 13.2 Å². The van der Waals surface area contributed by atoms with Gasteiger partial charge < -0.3 is 9.29 Å². The van der Waals surface area contributed by atoms with Gasteiger partial charge in [-0.1, -0.05) is 6.58 Å². The van der Waals surface area contributed by atoms with Gasteiger partial charge in [0.2, 0.25) is 0 Å². The summed E-state index contributed by atoms with van der Waals surface area (Å²) in [5.41, 5.74) is 0.239. The Morgan fingerprint density at radius 2 is 2.00 bits per heavy atom. The van der Waals surface area contributed by atoms with Crippen LogP contribution in [0.15, 0.2) is 12.2 Å². The van der Waals surface area contributed by atoms with Crippen LogP contribution in [0.1, 0.15) is 20.3 Å². The van der Waals surface area contributed by atoms with Crippen molar-refractivity contribution in [1.82, 2.24) is 0 Å². The molecule has 0 saturated heterocycles. The van der Waals surface area contributed by atoms with Gasteiger partial charge in [0.05, 0.1) is 16.7 Å². The maximum absolute atomic E-state index is 10.8. The Morgan fingerprint density at radius 3 is 2.33 bits per heavy atom. The third-order valence-corrected chi connectivity index (χ3v) is 2.82. The molecule has 0 aliphatic heterocycles. The average Bonchev–Trinajstić information content (AvgIpc) is 2.01. The number of ether oxygens (including phenoxy) is 1. The molecular weight excluding hydrogens is 247 g/mol. The van der Waals surface area contributed by atoms with Crippen molar-refractivity contribution >= 4 is 16.1 Å². The molecular formula is C8H13KO5S. The van der Waals surface area contributed by atoms with Gasteiger partial charge in [0.15, 0.2) is 0 Å². The van der Waals surface area contributed by atoms with Gasteiger partial charge in [0.25, 0.3) is 0 Å². The molecule has 1 unspecified atom stereocenters. The molecule has 1 atom stereocenters. The van der Waals surface area contributed by atoms with Crippen molar-refractivity contribution in [3.63, 3.8) is 0 Å². The summed E-state index contributed by atoms with van der Waals surface area (Å²) >= 11 is 0. The Balaban J connectivity index is 0. The van der Waals surface area contributed by atoms with Crippen molar-refractivity contribution in [2.45, 2.75) is 25.5 Å². The summed E-state index contributed by atoms with van der Waals surface area (Å²) in [6.07, 6.45) is 0.00481. The van der Waals surface area contributed by atoms with Gasteiger partial charge in [-0.05, 0) is 20.3 Å². The van der Waals surface area contributed by atoms with E-state index in [1.165, 1.54) is 13.8 Å². The van der Waals surface area contributed by atoms with Crippen LogP contribution in [0, 0.1) is 0 Å². The average molecular weight is 260 g/mol. The molecule has 7 heteroatoms. The van der Waals surface area contributed by atoms with Crippen LogP contribution in [-0.2, 0) is 19.6 Å². The molecule has 0 bridgehead atoms. The van der Waals surface area contributed by atoms with Crippen LogP contribution in [-0.4, -0.2) is 30.8 Å². The van der Waals surface area contributed by atoms with E-state index < -0.39 is 21.3 Å². The smallest absolute Gasteiger partial charge is 0.748 e. The number of esters is 1. The summed E-state index contributed by atoms with van der Waals surface area (Å²) in [7, 11) is -4.28. The fraction of sp³-hybridized carbons (Fsp3) is 0.625. The minimum absolute atomic E-state index is 0. The maximum atomic E-state index is 10.8. The van der Waals surface area contributed by atoms with Crippen LogP contribution < -0.4 is 51.4 Å². The van der Waals surface area contributed by atoms with E-state index in [9.17, 15) is 17.8 Å². The van der Waals surface area contributed by atoms with E-state index in [4.69, 9.17) is 0 Å². The predicted octanol–water partition coefficient (Wildman–Crippen LogP) is -2.57. The van der Waals surface area contributed by atoms with E-state index in [0.29, 0.717) is 0 Å². The van der Waals surface area contributed by atoms with Gasteiger partial charge in [-0.2, -0.15) is 0 Å². The first-order valence-electron chi connectivity index (χ1n) is 4.02. The van der Waals surface area contributed by atoms with Crippen molar-refractivity contribution in [3.05, 3.63) is 12.2 Å². The van der Waals surface area contributed by atoms with Gasteiger partial charge in [0.1, 0.15) is 0 Å². The molecule has 0 aromatic rings. The van der Waals surface area contributed by atoms with Crippen molar-refractivity contribution in [2.24, 2.45) is 0 Å². The first-order chi connectivity index (χ1) is 6.25. The number of hydrogen-bond acceptors (Lipinski definition) is 5. The van der Waals surface area contributed by atoms with Gasteiger partial charge in [-0.15, -0.1) is 0 Å². The molecule has 0 aliphatic carbocycles. The fourth-order valence-electron chi connectivity index (χ4n) is 0.585. The first-order valence-corrected chi connectivity index (χ1v) is 5.49. The molecule has 0 heterocycles. The minimum atomic E-state index is -4.28. The van der Waals surface area contributed by atoms with Crippen LogP contribution in [0.3, 0.4) is 0 Å². The summed E-state index contributed by atoms with van der Waals surface area (Å²) in [5.74, 6) is -0.583. The van der Waals surface area contributed by atoms with Gasteiger partial charge in [0, 0.05) is 10.8 Å². The van der Waals surface area contributed by atoms with E-state index in [0.717, 1.165) is 0 Å².